The Kier molecular flexibility index (Phi) is 5.52. The van der Waals surface area contributed by atoms with Crippen LogP contribution in [0.5, 0.6) is 0 Å². The lowest BCUT2D eigenvalue weighted by Gasteiger charge is -2.27. The van der Waals surface area contributed by atoms with Gasteiger partial charge < -0.3 is 15.4 Å². The van der Waals surface area contributed by atoms with E-state index in [0.29, 0.717) is 11.7 Å². The maximum atomic E-state index is 13.8. The Morgan fingerprint density at radius 3 is 2.85 bits per heavy atom. The van der Waals surface area contributed by atoms with Gasteiger partial charge in [-0.3, -0.25) is 0 Å². The molecule has 1 saturated heterocycles. The lowest BCUT2D eigenvalue weighted by molar-refractivity contribution is 0.0761. The number of hydrogen-bond acceptors (Lipinski definition) is 3. The van der Waals surface area contributed by atoms with Crippen molar-refractivity contribution in [3.8, 4) is 0 Å². The molecule has 0 spiro atoms. The molecule has 3 nitrogen and oxygen atoms in total. The number of benzene rings is 1. The molecule has 0 aromatic heterocycles. The van der Waals surface area contributed by atoms with Gasteiger partial charge in [0.05, 0.1) is 6.10 Å². The summed E-state index contributed by atoms with van der Waals surface area (Å²) in [5, 5.41) is 0. The van der Waals surface area contributed by atoms with Crippen LogP contribution in [0.3, 0.4) is 0 Å². The van der Waals surface area contributed by atoms with Gasteiger partial charge in [0.15, 0.2) is 0 Å². The average molecular weight is 280 g/mol. The molecular formula is C16H25FN2O. The van der Waals surface area contributed by atoms with Crippen molar-refractivity contribution < 1.29 is 9.13 Å². The zero-order valence-corrected chi connectivity index (χ0v) is 12.4. The normalized spacial score (nSPS) is 22.1. The van der Waals surface area contributed by atoms with Gasteiger partial charge in [0.1, 0.15) is 5.82 Å². The van der Waals surface area contributed by atoms with Crippen LogP contribution in [0.2, 0.25) is 0 Å². The van der Waals surface area contributed by atoms with Gasteiger partial charge in [-0.05, 0) is 31.9 Å². The molecule has 2 N–H and O–H groups in total. The van der Waals surface area contributed by atoms with Crippen molar-refractivity contribution in [3.63, 3.8) is 0 Å². The second-order valence-corrected chi connectivity index (χ2v) is 5.88. The van der Waals surface area contributed by atoms with E-state index in [0.717, 1.165) is 32.5 Å². The number of hydrogen-bond donors (Lipinski definition) is 1. The minimum atomic E-state index is -0.275. The van der Waals surface area contributed by atoms with Crippen LogP contribution in [0.25, 0.3) is 0 Å². The fourth-order valence-corrected chi connectivity index (χ4v) is 2.87. The van der Waals surface area contributed by atoms with Crippen molar-refractivity contribution in [1.82, 2.24) is 4.90 Å². The number of nitrogens with two attached hydrogens (primary N) is 1. The second kappa shape index (κ2) is 7.16. The van der Waals surface area contributed by atoms with E-state index in [1.165, 1.54) is 6.07 Å². The molecule has 20 heavy (non-hydrogen) atoms. The Bertz CT molecular complexity index is 421. The van der Waals surface area contributed by atoms with Crippen molar-refractivity contribution in [2.24, 2.45) is 11.7 Å². The molecule has 0 bridgehead atoms. The van der Waals surface area contributed by atoms with E-state index in [4.69, 9.17) is 10.5 Å². The fourth-order valence-electron chi connectivity index (χ4n) is 2.87. The highest BCUT2D eigenvalue weighted by Crippen LogP contribution is 2.23. The van der Waals surface area contributed by atoms with Gasteiger partial charge >= 0.3 is 0 Å². The first-order chi connectivity index (χ1) is 9.58. The SMILES string of the molecule is CC(CN(C)CC1CCCO1)C(N)c1ccccc1F. The van der Waals surface area contributed by atoms with Crippen LogP contribution in [0.1, 0.15) is 31.4 Å². The van der Waals surface area contributed by atoms with Gasteiger partial charge in [-0.2, -0.15) is 0 Å². The summed E-state index contributed by atoms with van der Waals surface area (Å²) in [6, 6.07) is 6.50. The van der Waals surface area contributed by atoms with E-state index >= 15 is 0 Å². The Hall–Kier alpha value is -0.970. The molecule has 0 saturated carbocycles. The highest BCUT2D eigenvalue weighted by atomic mass is 19.1. The molecular weight excluding hydrogens is 255 g/mol. The van der Waals surface area contributed by atoms with E-state index in [1.54, 1.807) is 12.1 Å². The first kappa shape index (κ1) is 15.4. The lowest BCUT2D eigenvalue weighted by Crippen LogP contribution is -2.35. The minimum Gasteiger partial charge on any atom is -0.377 e. The van der Waals surface area contributed by atoms with Crippen molar-refractivity contribution in [3.05, 3.63) is 35.6 Å². The van der Waals surface area contributed by atoms with Crippen LogP contribution in [-0.4, -0.2) is 37.7 Å². The highest BCUT2D eigenvalue weighted by molar-refractivity contribution is 5.21. The molecule has 1 aromatic carbocycles. The summed E-state index contributed by atoms with van der Waals surface area (Å²) in [6.45, 7) is 4.72. The largest absolute Gasteiger partial charge is 0.377 e. The number of halogens is 1. The van der Waals surface area contributed by atoms with Crippen LogP contribution in [-0.2, 0) is 4.74 Å². The van der Waals surface area contributed by atoms with Gasteiger partial charge in [0, 0.05) is 31.3 Å². The molecule has 2 rings (SSSR count). The first-order valence-corrected chi connectivity index (χ1v) is 7.38. The molecule has 1 aliphatic heterocycles. The highest BCUT2D eigenvalue weighted by Gasteiger charge is 2.22. The topological polar surface area (TPSA) is 38.5 Å². The Balaban J connectivity index is 1.87. The van der Waals surface area contributed by atoms with Crippen LogP contribution in [0, 0.1) is 11.7 Å². The third kappa shape index (κ3) is 4.01. The Morgan fingerprint density at radius 2 is 2.20 bits per heavy atom. The van der Waals surface area contributed by atoms with Crippen molar-refractivity contribution in [2.75, 3.05) is 26.7 Å². The molecule has 1 aromatic rings. The molecule has 0 aliphatic carbocycles. The first-order valence-electron chi connectivity index (χ1n) is 7.38. The van der Waals surface area contributed by atoms with Crippen molar-refractivity contribution in [2.45, 2.75) is 31.9 Å². The summed E-state index contributed by atoms with van der Waals surface area (Å²) in [5.74, 6) is -0.0214. The van der Waals surface area contributed by atoms with Crippen LogP contribution >= 0.6 is 0 Å². The van der Waals surface area contributed by atoms with Gasteiger partial charge in [0.25, 0.3) is 0 Å². The minimum absolute atomic E-state index is 0.193. The molecule has 112 valence electrons. The summed E-state index contributed by atoms with van der Waals surface area (Å²) in [6.07, 6.45) is 2.64. The van der Waals surface area contributed by atoms with E-state index in [2.05, 4.69) is 18.9 Å². The maximum Gasteiger partial charge on any atom is 0.127 e. The summed E-state index contributed by atoms with van der Waals surface area (Å²) in [7, 11) is 2.08. The summed E-state index contributed by atoms with van der Waals surface area (Å²) >= 11 is 0. The van der Waals surface area contributed by atoms with Crippen LogP contribution in [0.4, 0.5) is 4.39 Å². The van der Waals surface area contributed by atoms with Crippen LogP contribution < -0.4 is 5.73 Å². The van der Waals surface area contributed by atoms with E-state index in [9.17, 15) is 4.39 Å². The van der Waals surface area contributed by atoms with E-state index < -0.39 is 0 Å². The molecule has 3 atom stereocenters. The lowest BCUT2D eigenvalue weighted by atomic mass is 9.94. The Labute approximate surface area is 120 Å². The van der Waals surface area contributed by atoms with E-state index in [-0.39, 0.29) is 17.8 Å². The van der Waals surface area contributed by atoms with Crippen molar-refractivity contribution in [1.29, 1.82) is 0 Å². The van der Waals surface area contributed by atoms with Gasteiger partial charge in [-0.25, -0.2) is 4.39 Å². The maximum absolute atomic E-state index is 13.8. The summed E-state index contributed by atoms with van der Waals surface area (Å²) in [5.41, 5.74) is 6.80. The quantitative estimate of drug-likeness (QED) is 0.870. The zero-order chi connectivity index (χ0) is 14.5. The zero-order valence-electron chi connectivity index (χ0n) is 12.4. The van der Waals surface area contributed by atoms with Gasteiger partial charge in [0.2, 0.25) is 0 Å². The average Bonchev–Trinajstić information content (AvgIpc) is 2.91. The van der Waals surface area contributed by atoms with Gasteiger partial charge in [-0.15, -0.1) is 0 Å². The summed E-state index contributed by atoms with van der Waals surface area (Å²) in [4.78, 5) is 2.24. The number of likely N-dealkylation sites (N-methyl/N-ethyl adjacent to an activating group) is 1. The molecule has 1 heterocycles. The van der Waals surface area contributed by atoms with E-state index in [1.807, 2.05) is 6.07 Å². The number of nitrogens with zero attached hydrogens (tertiary/aromatic N) is 1. The third-order valence-electron chi connectivity index (χ3n) is 4.02. The predicted octanol–water partition coefficient (Wildman–Crippen LogP) is 2.57. The monoisotopic (exact) mass is 280 g/mol. The molecule has 0 radical (unpaired) electrons. The fraction of sp³-hybridized carbons (Fsp3) is 0.625. The Morgan fingerprint density at radius 1 is 1.45 bits per heavy atom. The molecule has 0 amide bonds. The number of rotatable bonds is 6. The van der Waals surface area contributed by atoms with Gasteiger partial charge in [-0.1, -0.05) is 25.1 Å². The predicted molar refractivity (Wildman–Crippen MR) is 79.0 cm³/mol. The summed E-state index contributed by atoms with van der Waals surface area (Å²) < 4.78 is 19.4. The smallest absolute Gasteiger partial charge is 0.127 e. The third-order valence-corrected chi connectivity index (χ3v) is 4.02. The number of ether oxygens (including phenoxy) is 1. The molecule has 1 aliphatic rings. The second-order valence-electron chi connectivity index (χ2n) is 5.88. The molecule has 4 heteroatoms. The molecule has 3 unspecified atom stereocenters. The molecule has 1 fully saturated rings. The standard InChI is InChI=1S/C16H25FN2O/c1-12(10-19(2)11-13-6-5-9-20-13)16(18)14-7-3-4-8-15(14)17/h3-4,7-8,12-13,16H,5-6,9-11,18H2,1-2H3. The van der Waals surface area contributed by atoms with Crippen molar-refractivity contribution >= 4 is 0 Å². The van der Waals surface area contributed by atoms with Crippen LogP contribution in [0.15, 0.2) is 24.3 Å².